The number of carbonyl (C=O) groups is 2. The summed E-state index contributed by atoms with van der Waals surface area (Å²) in [6, 6.07) is 21.5. The fraction of sp³-hybridized carbons (Fsp3) is 0.125. The summed E-state index contributed by atoms with van der Waals surface area (Å²) in [6.07, 6.45) is 1.50. The summed E-state index contributed by atoms with van der Waals surface area (Å²) in [5, 5.41) is 3.91. The van der Waals surface area contributed by atoms with Crippen molar-refractivity contribution < 1.29 is 19.1 Å². The maximum atomic E-state index is 12.2. The number of amides is 1. The molecule has 0 heterocycles. The van der Waals surface area contributed by atoms with E-state index in [9.17, 15) is 9.59 Å². The SMILES string of the molecule is Cc1cccc(OCC(=O)N/N=C\c2ccc(OC(=O)c3cccc(C)c3)cc2)c1. The van der Waals surface area contributed by atoms with Gasteiger partial charge in [0, 0.05) is 0 Å². The van der Waals surface area contributed by atoms with Crippen LogP contribution in [0.1, 0.15) is 27.0 Å². The van der Waals surface area contributed by atoms with Gasteiger partial charge in [0.1, 0.15) is 11.5 Å². The molecular formula is C24H22N2O4. The molecule has 0 bridgehead atoms. The van der Waals surface area contributed by atoms with Gasteiger partial charge in [-0.15, -0.1) is 0 Å². The molecule has 0 saturated heterocycles. The van der Waals surface area contributed by atoms with Crippen molar-refractivity contribution >= 4 is 18.1 Å². The molecule has 6 nitrogen and oxygen atoms in total. The van der Waals surface area contributed by atoms with Gasteiger partial charge in [-0.1, -0.05) is 29.8 Å². The molecule has 0 spiro atoms. The van der Waals surface area contributed by atoms with E-state index in [0.29, 0.717) is 17.1 Å². The van der Waals surface area contributed by atoms with Crippen LogP contribution >= 0.6 is 0 Å². The average Bonchev–Trinajstić information content (AvgIpc) is 2.73. The Hall–Kier alpha value is -3.93. The lowest BCUT2D eigenvalue weighted by atomic mass is 10.1. The van der Waals surface area contributed by atoms with E-state index in [4.69, 9.17) is 9.47 Å². The number of aryl methyl sites for hydroxylation is 2. The Morgan fingerprint density at radius 1 is 0.900 bits per heavy atom. The fourth-order valence-corrected chi connectivity index (χ4v) is 2.63. The number of nitrogens with one attached hydrogen (secondary N) is 1. The Morgan fingerprint density at radius 3 is 2.30 bits per heavy atom. The van der Waals surface area contributed by atoms with Crippen LogP contribution in [0.25, 0.3) is 0 Å². The standard InChI is InChI=1S/C24H22N2O4/c1-17-5-3-7-20(13-17)24(28)30-21-11-9-19(10-12-21)15-25-26-23(27)16-29-22-8-4-6-18(2)14-22/h3-15H,16H2,1-2H3,(H,26,27)/b25-15-. The number of hydrogen-bond donors (Lipinski definition) is 1. The van der Waals surface area contributed by atoms with Crippen LogP contribution in [0.4, 0.5) is 0 Å². The fourth-order valence-electron chi connectivity index (χ4n) is 2.63. The van der Waals surface area contributed by atoms with Crippen molar-refractivity contribution in [3.8, 4) is 11.5 Å². The topological polar surface area (TPSA) is 77.0 Å². The summed E-state index contributed by atoms with van der Waals surface area (Å²) in [7, 11) is 0. The molecule has 0 radical (unpaired) electrons. The highest BCUT2D eigenvalue weighted by atomic mass is 16.5. The minimum Gasteiger partial charge on any atom is -0.484 e. The first kappa shape index (κ1) is 20.8. The second-order valence-corrected chi connectivity index (χ2v) is 6.73. The first-order valence-corrected chi connectivity index (χ1v) is 9.40. The van der Waals surface area contributed by atoms with Gasteiger partial charge in [-0.3, -0.25) is 4.79 Å². The van der Waals surface area contributed by atoms with Crippen molar-refractivity contribution in [2.24, 2.45) is 5.10 Å². The van der Waals surface area contributed by atoms with Gasteiger partial charge in [-0.05, 0) is 73.5 Å². The van der Waals surface area contributed by atoms with Crippen LogP contribution in [0.5, 0.6) is 11.5 Å². The smallest absolute Gasteiger partial charge is 0.343 e. The second kappa shape index (κ2) is 10.0. The van der Waals surface area contributed by atoms with Crippen molar-refractivity contribution in [1.82, 2.24) is 5.43 Å². The number of carbonyl (C=O) groups excluding carboxylic acids is 2. The molecule has 0 aliphatic heterocycles. The molecule has 0 atom stereocenters. The van der Waals surface area contributed by atoms with Crippen LogP contribution in [-0.4, -0.2) is 24.7 Å². The summed E-state index contributed by atoms with van der Waals surface area (Å²) >= 11 is 0. The number of benzene rings is 3. The molecule has 0 fully saturated rings. The molecule has 1 N–H and O–H groups in total. The van der Waals surface area contributed by atoms with Gasteiger partial charge < -0.3 is 9.47 Å². The Kier molecular flexibility index (Phi) is 6.95. The third kappa shape index (κ3) is 6.31. The van der Waals surface area contributed by atoms with Crippen LogP contribution in [0.15, 0.2) is 77.9 Å². The van der Waals surface area contributed by atoms with Crippen LogP contribution < -0.4 is 14.9 Å². The van der Waals surface area contributed by atoms with Crippen molar-refractivity contribution in [1.29, 1.82) is 0 Å². The number of hydrogen-bond acceptors (Lipinski definition) is 5. The maximum Gasteiger partial charge on any atom is 0.343 e. The van der Waals surface area contributed by atoms with Gasteiger partial charge in [-0.25, -0.2) is 10.2 Å². The lowest BCUT2D eigenvalue weighted by molar-refractivity contribution is -0.123. The molecule has 3 rings (SSSR count). The first-order chi connectivity index (χ1) is 14.5. The predicted molar refractivity (Wildman–Crippen MR) is 115 cm³/mol. The summed E-state index contributed by atoms with van der Waals surface area (Å²) in [5.41, 5.74) is 5.69. The van der Waals surface area contributed by atoms with E-state index in [2.05, 4.69) is 10.5 Å². The van der Waals surface area contributed by atoms with Crippen LogP contribution in [0.3, 0.4) is 0 Å². The number of rotatable bonds is 7. The Morgan fingerprint density at radius 2 is 1.60 bits per heavy atom. The average molecular weight is 402 g/mol. The molecule has 152 valence electrons. The van der Waals surface area contributed by atoms with E-state index in [1.807, 2.05) is 44.2 Å². The van der Waals surface area contributed by atoms with E-state index in [0.717, 1.165) is 16.7 Å². The lowest BCUT2D eigenvalue weighted by Gasteiger charge is -2.06. The minimum atomic E-state index is -0.416. The second-order valence-electron chi connectivity index (χ2n) is 6.73. The minimum absolute atomic E-state index is 0.130. The summed E-state index contributed by atoms with van der Waals surface area (Å²) in [5.74, 6) is 0.275. The molecule has 1 amide bonds. The van der Waals surface area contributed by atoms with E-state index >= 15 is 0 Å². The quantitative estimate of drug-likeness (QED) is 0.280. The van der Waals surface area contributed by atoms with Gasteiger partial charge in [0.15, 0.2) is 6.61 Å². The lowest BCUT2D eigenvalue weighted by Crippen LogP contribution is -2.24. The Balaban J connectivity index is 1.47. The van der Waals surface area contributed by atoms with E-state index in [-0.39, 0.29) is 12.5 Å². The van der Waals surface area contributed by atoms with Gasteiger partial charge in [0.05, 0.1) is 11.8 Å². The zero-order valence-corrected chi connectivity index (χ0v) is 16.8. The highest BCUT2D eigenvalue weighted by Gasteiger charge is 2.08. The molecule has 0 aliphatic carbocycles. The molecular weight excluding hydrogens is 380 g/mol. The van der Waals surface area contributed by atoms with Gasteiger partial charge in [0.2, 0.25) is 0 Å². The number of nitrogens with zero attached hydrogens (tertiary/aromatic N) is 1. The highest BCUT2D eigenvalue weighted by molar-refractivity contribution is 5.91. The zero-order chi connectivity index (χ0) is 21.3. The normalized spacial score (nSPS) is 10.6. The molecule has 30 heavy (non-hydrogen) atoms. The van der Waals surface area contributed by atoms with Gasteiger partial charge in [-0.2, -0.15) is 5.10 Å². The Bertz CT molecular complexity index is 1060. The number of hydrazone groups is 1. The Labute approximate surface area is 175 Å². The molecule has 3 aromatic carbocycles. The van der Waals surface area contributed by atoms with Gasteiger partial charge >= 0.3 is 5.97 Å². The van der Waals surface area contributed by atoms with Crippen LogP contribution in [0.2, 0.25) is 0 Å². The van der Waals surface area contributed by atoms with Crippen LogP contribution in [-0.2, 0) is 4.79 Å². The molecule has 0 aromatic heterocycles. The van der Waals surface area contributed by atoms with Gasteiger partial charge in [0.25, 0.3) is 5.91 Å². The molecule has 0 saturated carbocycles. The van der Waals surface area contributed by atoms with Crippen molar-refractivity contribution in [3.05, 3.63) is 95.1 Å². The van der Waals surface area contributed by atoms with Crippen LogP contribution in [0, 0.1) is 13.8 Å². The van der Waals surface area contributed by atoms with Crippen molar-refractivity contribution in [2.75, 3.05) is 6.61 Å². The number of esters is 1. The summed E-state index contributed by atoms with van der Waals surface area (Å²) in [4.78, 5) is 24.0. The van der Waals surface area contributed by atoms with E-state index in [1.165, 1.54) is 6.21 Å². The van der Waals surface area contributed by atoms with E-state index in [1.54, 1.807) is 42.5 Å². The zero-order valence-electron chi connectivity index (χ0n) is 16.8. The predicted octanol–water partition coefficient (Wildman–Crippen LogP) is 4.05. The first-order valence-electron chi connectivity index (χ1n) is 9.40. The summed E-state index contributed by atoms with van der Waals surface area (Å²) < 4.78 is 10.8. The maximum absolute atomic E-state index is 12.2. The van der Waals surface area contributed by atoms with E-state index < -0.39 is 5.97 Å². The molecule has 6 heteroatoms. The summed E-state index contributed by atoms with van der Waals surface area (Å²) in [6.45, 7) is 3.74. The molecule has 0 unspecified atom stereocenters. The molecule has 0 aliphatic rings. The third-order valence-corrected chi connectivity index (χ3v) is 4.11. The van der Waals surface area contributed by atoms with Crippen molar-refractivity contribution in [2.45, 2.75) is 13.8 Å². The largest absolute Gasteiger partial charge is 0.484 e. The number of ether oxygens (including phenoxy) is 2. The monoisotopic (exact) mass is 402 g/mol. The molecule has 3 aromatic rings. The van der Waals surface area contributed by atoms with Crippen molar-refractivity contribution in [3.63, 3.8) is 0 Å². The highest BCUT2D eigenvalue weighted by Crippen LogP contribution is 2.14. The third-order valence-electron chi connectivity index (χ3n) is 4.11.